The number of aromatic nitrogens is 2. The van der Waals surface area contributed by atoms with Gasteiger partial charge in [0.2, 0.25) is 0 Å². The number of ether oxygens (including phenoxy) is 1. The minimum atomic E-state index is -0.484. The van der Waals surface area contributed by atoms with Crippen molar-refractivity contribution in [2.24, 2.45) is 0 Å². The highest BCUT2D eigenvalue weighted by atomic mass is 32.2. The first-order chi connectivity index (χ1) is 18.4. The van der Waals surface area contributed by atoms with E-state index in [1.165, 1.54) is 34.9 Å². The second kappa shape index (κ2) is 11.3. The lowest BCUT2D eigenvalue weighted by Gasteiger charge is -2.14. The Hall–Kier alpha value is -3.82. The van der Waals surface area contributed by atoms with Gasteiger partial charge in [-0.1, -0.05) is 61.2 Å². The number of nitrogens with zero attached hydrogens (tertiary/aromatic N) is 3. The van der Waals surface area contributed by atoms with E-state index < -0.39 is 5.82 Å². The van der Waals surface area contributed by atoms with E-state index in [-0.39, 0.29) is 24.0 Å². The largest absolute Gasteiger partial charge is 0.491 e. The first kappa shape index (κ1) is 25.8. The Morgan fingerprint density at radius 2 is 1.82 bits per heavy atom. The Labute approximate surface area is 228 Å². The van der Waals surface area contributed by atoms with Gasteiger partial charge in [-0.3, -0.25) is 9.69 Å². The van der Waals surface area contributed by atoms with Crippen molar-refractivity contribution in [1.29, 1.82) is 0 Å². The van der Waals surface area contributed by atoms with Gasteiger partial charge in [-0.15, -0.1) is 0 Å². The fourth-order valence-electron chi connectivity index (χ4n) is 3.96. The van der Waals surface area contributed by atoms with Gasteiger partial charge in [-0.05, 0) is 60.5 Å². The molecule has 5 nitrogen and oxygen atoms in total. The fraction of sp³-hybridized carbons (Fsp3) is 0.138. The molecule has 38 heavy (non-hydrogen) atoms. The van der Waals surface area contributed by atoms with Crippen molar-refractivity contribution in [3.05, 3.63) is 107 Å². The van der Waals surface area contributed by atoms with Crippen LogP contribution in [0, 0.1) is 11.6 Å². The van der Waals surface area contributed by atoms with E-state index in [1.54, 1.807) is 41.2 Å². The van der Waals surface area contributed by atoms with Crippen LogP contribution in [-0.2, 0) is 11.3 Å². The molecule has 192 valence electrons. The lowest BCUT2D eigenvalue weighted by Crippen LogP contribution is -2.27. The molecule has 2 heterocycles. The molecule has 0 radical (unpaired) electrons. The van der Waals surface area contributed by atoms with E-state index in [0.717, 1.165) is 17.7 Å². The van der Waals surface area contributed by atoms with E-state index in [4.69, 9.17) is 22.1 Å². The molecule has 0 spiro atoms. The molecule has 3 aromatic carbocycles. The zero-order valence-corrected chi connectivity index (χ0v) is 22.1. The highest BCUT2D eigenvalue weighted by molar-refractivity contribution is 8.26. The molecule has 1 fully saturated rings. The van der Waals surface area contributed by atoms with Crippen LogP contribution in [0.15, 0.2) is 83.9 Å². The smallest absolute Gasteiger partial charge is 0.266 e. The maximum absolute atomic E-state index is 14.8. The van der Waals surface area contributed by atoms with Gasteiger partial charge in [0.15, 0.2) is 11.6 Å². The predicted molar refractivity (Wildman–Crippen MR) is 150 cm³/mol. The van der Waals surface area contributed by atoms with Gasteiger partial charge < -0.3 is 4.74 Å². The summed E-state index contributed by atoms with van der Waals surface area (Å²) in [4.78, 5) is 15.2. The van der Waals surface area contributed by atoms with Crippen LogP contribution in [-0.4, -0.2) is 31.5 Å². The van der Waals surface area contributed by atoms with Crippen molar-refractivity contribution in [2.45, 2.75) is 19.9 Å². The van der Waals surface area contributed by atoms with Gasteiger partial charge in [0.1, 0.15) is 15.8 Å². The average molecular weight is 548 g/mol. The summed E-state index contributed by atoms with van der Waals surface area (Å²) >= 11 is 6.67. The van der Waals surface area contributed by atoms with Crippen LogP contribution in [0.4, 0.5) is 8.78 Å². The maximum atomic E-state index is 14.8. The quantitative estimate of drug-likeness (QED) is 0.175. The molecule has 0 atom stereocenters. The average Bonchev–Trinajstić information content (AvgIpc) is 3.46. The summed E-state index contributed by atoms with van der Waals surface area (Å²) < 4.78 is 35.7. The number of para-hydroxylation sites is 1. The number of amides is 1. The summed E-state index contributed by atoms with van der Waals surface area (Å²) in [6, 6.07) is 20.2. The lowest BCUT2D eigenvalue weighted by atomic mass is 10.1. The van der Waals surface area contributed by atoms with E-state index in [1.807, 2.05) is 37.3 Å². The standard InChI is InChI=1S/C29H23F2N3O2S2/c1-2-14-36-25-13-10-20(15-24(25)31)27-21(18-34(32-27)23-6-4-3-5-7-23)16-26-28(35)33(29(37)38-26)17-19-8-11-22(30)12-9-19/h3-13,15-16,18H,2,14,17H2,1H3/b26-16-. The minimum Gasteiger partial charge on any atom is -0.491 e. The third-order valence-electron chi connectivity index (χ3n) is 5.84. The van der Waals surface area contributed by atoms with Crippen molar-refractivity contribution < 1.29 is 18.3 Å². The molecule has 1 amide bonds. The van der Waals surface area contributed by atoms with Crippen molar-refractivity contribution in [3.8, 4) is 22.7 Å². The van der Waals surface area contributed by atoms with Crippen LogP contribution < -0.4 is 4.74 Å². The summed E-state index contributed by atoms with van der Waals surface area (Å²) in [6.45, 7) is 2.61. The topological polar surface area (TPSA) is 47.4 Å². The number of carbonyl (C=O) groups is 1. The van der Waals surface area contributed by atoms with Gasteiger partial charge in [0, 0.05) is 17.3 Å². The molecule has 0 N–H and O–H groups in total. The van der Waals surface area contributed by atoms with E-state index in [2.05, 4.69) is 0 Å². The molecule has 1 saturated heterocycles. The molecule has 0 unspecified atom stereocenters. The second-order valence-electron chi connectivity index (χ2n) is 8.60. The first-order valence-electron chi connectivity index (χ1n) is 12.0. The van der Waals surface area contributed by atoms with Gasteiger partial charge in [-0.2, -0.15) is 5.10 Å². The van der Waals surface area contributed by atoms with Crippen molar-refractivity contribution >= 4 is 40.3 Å². The number of halogens is 2. The molecular weight excluding hydrogens is 524 g/mol. The Kier molecular flexibility index (Phi) is 7.67. The number of hydrogen-bond acceptors (Lipinski definition) is 5. The molecule has 9 heteroatoms. The van der Waals surface area contributed by atoms with Gasteiger partial charge in [0.25, 0.3) is 5.91 Å². The van der Waals surface area contributed by atoms with Gasteiger partial charge in [0.05, 0.1) is 23.7 Å². The molecule has 1 aromatic heterocycles. The zero-order valence-electron chi connectivity index (χ0n) is 20.4. The molecule has 5 rings (SSSR count). The number of rotatable bonds is 8. The zero-order chi connectivity index (χ0) is 26.6. The van der Waals surface area contributed by atoms with Gasteiger partial charge >= 0.3 is 0 Å². The molecule has 4 aromatic rings. The molecule has 0 bridgehead atoms. The van der Waals surface area contributed by atoms with Crippen LogP contribution in [0.5, 0.6) is 5.75 Å². The predicted octanol–water partition coefficient (Wildman–Crippen LogP) is 7.01. The van der Waals surface area contributed by atoms with Crippen LogP contribution >= 0.6 is 24.0 Å². The lowest BCUT2D eigenvalue weighted by molar-refractivity contribution is -0.122. The van der Waals surface area contributed by atoms with Crippen molar-refractivity contribution in [3.63, 3.8) is 0 Å². The minimum absolute atomic E-state index is 0.182. The maximum Gasteiger partial charge on any atom is 0.266 e. The normalized spacial score (nSPS) is 14.5. The van der Waals surface area contributed by atoms with Crippen LogP contribution in [0.3, 0.4) is 0 Å². The summed E-state index contributed by atoms with van der Waals surface area (Å²) in [5.74, 6) is -0.899. The monoisotopic (exact) mass is 547 g/mol. The van der Waals surface area contributed by atoms with Gasteiger partial charge in [-0.25, -0.2) is 13.5 Å². The summed E-state index contributed by atoms with van der Waals surface area (Å²) in [7, 11) is 0. The molecule has 1 aliphatic rings. The summed E-state index contributed by atoms with van der Waals surface area (Å²) in [5.41, 5.74) is 3.29. The Bertz CT molecular complexity index is 1520. The SMILES string of the molecule is CCCOc1ccc(-c2nn(-c3ccccc3)cc2/C=C2\SC(=S)N(Cc3ccc(F)cc3)C2=O)cc1F. The number of carbonyl (C=O) groups excluding carboxylic acids is 1. The summed E-state index contributed by atoms with van der Waals surface area (Å²) in [6.07, 6.45) is 4.30. The third kappa shape index (κ3) is 5.54. The van der Waals surface area contributed by atoms with E-state index >= 15 is 0 Å². The van der Waals surface area contributed by atoms with Crippen LogP contribution in [0.1, 0.15) is 24.5 Å². The first-order valence-corrected chi connectivity index (χ1v) is 13.2. The fourth-order valence-corrected chi connectivity index (χ4v) is 5.20. The van der Waals surface area contributed by atoms with Crippen molar-refractivity contribution in [2.75, 3.05) is 6.61 Å². The highest BCUT2D eigenvalue weighted by Gasteiger charge is 2.32. The van der Waals surface area contributed by atoms with Crippen LogP contribution in [0.25, 0.3) is 23.0 Å². The van der Waals surface area contributed by atoms with E-state index in [9.17, 15) is 13.6 Å². The summed E-state index contributed by atoms with van der Waals surface area (Å²) in [5, 5.41) is 4.73. The van der Waals surface area contributed by atoms with E-state index in [0.29, 0.717) is 32.7 Å². The number of hydrogen-bond donors (Lipinski definition) is 0. The number of benzene rings is 3. The Balaban J connectivity index is 1.50. The molecule has 1 aliphatic heterocycles. The molecular formula is C29H23F2N3O2S2. The Morgan fingerprint density at radius 3 is 2.53 bits per heavy atom. The number of thiocarbonyl (C=S) groups is 1. The Morgan fingerprint density at radius 1 is 1.05 bits per heavy atom. The molecule has 0 saturated carbocycles. The highest BCUT2D eigenvalue weighted by Crippen LogP contribution is 2.36. The second-order valence-corrected chi connectivity index (χ2v) is 10.3. The van der Waals surface area contributed by atoms with Crippen LogP contribution in [0.2, 0.25) is 0 Å². The number of thioether (sulfide) groups is 1. The molecule has 0 aliphatic carbocycles. The third-order valence-corrected chi connectivity index (χ3v) is 7.22. The van der Waals surface area contributed by atoms with Crippen molar-refractivity contribution in [1.82, 2.24) is 14.7 Å².